The molecule has 2 aromatic rings. The number of nitrogens with one attached hydrogen (secondary N) is 3. The number of aliphatic hydroxyl groups excluding tert-OH is 1. The zero-order valence-electron chi connectivity index (χ0n) is 15.6. The van der Waals surface area contributed by atoms with Gasteiger partial charge in [0.1, 0.15) is 24.3 Å². The number of amides is 2. The second-order valence-electron chi connectivity index (χ2n) is 6.49. The molecule has 9 heteroatoms. The van der Waals surface area contributed by atoms with Gasteiger partial charge in [-0.2, -0.15) is 0 Å². The Kier molecular flexibility index (Phi) is 7.45. The number of thioether (sulfide) groups is 1. The number of aliphatic hydroxyl groups is 1. The Labute approximate surface area is 172 Å². The molecule has 0 radical (unpaired) electrons. The number of benzene rings is 2. The lowest BCUT2D eigenvalue weighted by Crippen LogP contribution is -2.32. The Morgan fingerprint density at radius 3 is 2.52 bits per heavy atom. The van der Waals surface area contributed by atoms with E-state index in [1.165, 1.54) is 24.3 Å². The number of carbonyl (C=O) groups is 2. The zero-order chi connectivity index (χ0) is 20.6. The number of anilines is 1. The summed E-state index contributed by atoms with van der Waals surface area (Å²) < 4.78 is 18.2. The van der Waals surface area contributed by atoms with Gasteiger partial charge in [-0.3, -0.25) is 14.9 Å². The van der Waals surface area contributed by atoms with Gasteiger partial charge in [-0.1, -0.05) is 12.1 Å². The molecule has 2 aromatic carbocycles. The smallest absolute Gasteiger partial charge is 0.288 e. The highest BCUT2D eigenvalue weighted by atomic mass is 32.2. The molecule has 7 nitrogen and oxygen atoms in total. The summed E-state index contributed by atoms with van der Waals surface area (Å²) in [4.78, 5) is 22.7. The SMILES string of the molecule is O=C1NC(=O)C(Nc2ccc(CCNCC(O)COc3ccc(F)cc3)cc2)S1. The van der Waals surface area contributed by atoms with Gasteiger partial charge in [0.25, 0.3) is 11.1 Å². The van der Waals surface area contributed by atoms with E-state index in [0.29, 0.717) is 18.8 Å². The molecule has 1 heterocycles. The average Bonchev–Trinajstić information content (AvgIpc) is 3.03. The van der Waals surface area contributed by atoms with Crippen LogP contribution in [-0.2, 0) is 11.2 Å². The Morgan fingerprint density at radius 1 is 1.14 bits per heavy atom. The van der Waals surface area contributed by atoms with Gasteiger partial charge >= 0.3 is 0 Å². The van der Waals surface area contributed by atoms with E-state index in [1.54, 1.807) is 0 Å². The van der Waals surface area contributed by atoms with E-state index < -0.39 is 11.5 Å². The number of carbonyl (C=O) groups excluding carboxylic acids is 2. The molecule has 1 saturated heterocycles. The molecule has 1 fully saturated rings. The van der Waals surface area contributed by atoms with Crippen molar-refractivity contribution < 1.29 is 23.8 Å². The van der Waals surface area contributed by atoms with E-state index in [4.69, 9.17) is 4.74 Å². The van der Waals surface area contributed by atoms with Crippen LogP contribution in [0, 0.1) is 5.82 Å². The molecule has 0 bridgehead atoms. The molecule has 154 valence electrons. The van der Waals surface area contributed by atoms with Crippen LogP contribution >= 0.6 is 11.8 Å². The summed E-state index contributed by atoms with van der Waals surface area (Å²) in [7, 11) is 0. The van der Waals surface area contributed by atoms with Crippen LogP contribution in [0.1, 0.15) is 5.56 Å². The summed E-state index contributed by atoms with van der Waals surface area (Å²) >= 11 is 0.924. The fourth-order valence-electron chi connectivity index (χ4n) is 2.65. The molecule has 0 spiro atoms. The number of hydrogen-bond acceptors (Lipinski definition) is 7. The first-order valence-electron chi connectivity index (χ1n) is 9.14. The zero-order valence-corrected chi connectivity index (χ0v) is 16.4. The highest BCUT2D eigenvalue weighted by molar-refractivity contribution is 8.15. The lowest BCUT2D eigenvalue weighted by molar-refractivity contribution is -0.118. The predicted molar refractivity (Wildman–Crippen MR) is 109 cm³/mol. The van der Waals surface area contributed by atoms with E-state index in [9.17, 15) is 19.1 Å². The summed E-state index contributed by atoms with van der Waals surface area (Å²) in [6.07, 6.45) is 0.0904. The number of halogens is 1. The summed E-state index contributed by atoms with van der Waals surface area (Å²) in [5.74, 6) is -0.159. The van der Waals surface area contributed by atoms with Crippen molar-refractivity contribution in [3.05, 3.63) is 59.9 Å². The lowest BCUT2D eigenvalue weighted by atomic mass is 10.1. The van der Waals surface area contributed by atoms with E-state index in [1.807, 2.05) is 24.3 Å². The van der Waals surface area contributed by atoms with Crippen molar-refractivity contribution >= 4 is 28.6 Å². The third-order valence-corrected chi connectivity index (χ3v) is 5.05. The van der Waals surface area contributed by atoms with Gasteiger partial charge in [0, 0.05) is 12.2 Å². The summed E-state index contributed by atoms with van der Waals surface area (Å²) in [6.45, 7) is 1.17. The molecule has 3 rings (SSSR count). The Balaban J connectivity index is 1.32. The van der Waals surface area contributed by atoms with Crippen LogP contribution in [0.25, 0.3) is 0 Å². The number of imide groups is 1. The molecule has 2 amide bonds. The molecule has 4 N–H and O–H groups in total. The monoisotopic (exact) mass is 419 g/mol. The first-order valence-corrected chi connectivity index (χ1v) is 10.0. The highest BCUT2D eigenvalue weighted by Crippen LogP contribution is 2.21. The third kappa shape index (κ3) is 6.74. The molecule has 0 aromatic heterocycles. The molecule has 2 unspecified atom stereocenters. The van der Waals surface area contributed by atoms with Gasteiger partial charge in [-0.25, -0.2) is 4.39 Å². The minimum Gasteiger partial charge on any atom is -0.491 e. The van der Waals surface area contributed by atoms with Crippen molar-refractivity contribution in [3.63, 3.8) is 0 Å². The van der Waals surface area contributed by atoms with Crippen LogP contribution in [0.2, 0.25) is 0 Å². The van der Waals surface area contributed by atoms with Gasteiger partial charge in [0.05, 0.1) is 0 Å². The lowest BCUT2D eigenvalue weighted by Gasteiger charge is -2.13. The van der Waals surface area contributed by atoms with E-state index in [-0.39, 0.29) is 23.6 Å². The van der Waals surface area contributed by atoms with Crippen molar-refractivity contribution in [2.75, 3.05) is 25.0 Å². The molecule has 0 saturated carbocycles. The third-order valence-electron chi connectivity index (χ3n) is 4.17. The predicted octanol–water partition coefficient (Wildman–Crippen LogP) is 2.12. The summed E-state index contributed by atoms with van der Waals surface area (Å²) in [6, 6.07) is 13.3. The first-order chi connectivity index (χ1) is 14.0. The van der Waals surface area contributed by atoms with Crippen molar-refractivity contribution in [2.45, 2.75) is 17.9 Å². The van der Waals surface area contributed by atoms with E-state index in [2.05, 4.69) is 16.0 Å². The minimum absolute atomic E-state index is 0.119. The highest BCUT2D eigenvalue weighted by Gasteiger charge is 2.31. The second kappa shape index (κ2) is 10.2. The largest absolute Gasteiger partial charge is 0.491 e. The van der Waals surface area contributed by atoms with Gasteiger partial charge < -0.3 is 20.5 Å². The van der Waals surface area contributed by atoms with Crippen LogP contribution in [0.5, 0.6) is 5.75 Å². The molecule has 1 aliphatic heterocycles. The maximum Gasteiger partial charge on any atom is 0.288 e. The van der Waals surface area contributed by atoms with Crippen molar-refractivity contribution in [3.8, 4) is 5.75 Å². The first kappa shape index (κ1) is 21.1. The van der Waals surface area contributed by atoms with Gasteiger partial charge in [0.15, 0.2) is 5.37 Å². The van der Waals surface area contributed by atoms with Gasteiger partial charge in [-0.15, -0.1) is 0 Å². The van der Waals surface area contributed by atoms with Crippen LogP contribution in [-0.4, -0.2) is 47.4 Å². The Bertz CT molecular complexity index is 833. The maximum atomic E-state index is 12.8. The van der Waals surface area contributed by atoms with Crippen molar-refractivity contribution in [1.82, 2.24) is 10.6 Å². The normalized spacial score (nSPS) is 17.1. The molecular formula is C20H22FN3O4S. The topological polar surface area (TPSA) is 99.7 Å². The van der Waals surface area contributed by atoms with Gasteiger partial charge in [-0.05, 0) is 66.7 Å². The fourth-order valence-corrected chi connectivity index (χ4v) is 3.39. The Morgan fingerprint density at radius 2 is 1.86 bits per heavy atom. The van der Waals surface area contributed by atoms with Crippen molar-refractivity contribution in [1.29, 1.82) is 0 Å². The number of hydrogen-bond donors (Lipinski definition) is 4. The fraction of sp³-hybridized carbons (Fsp3) is 0.300. The molecule has 1 aliphatic rings. The summed E-state index contributed by atoms with van der Waals surface area (Å²) in [5.41, 5.74) is 1.86. The van der Waals surface area contributed by atoms with E-state index in [0.717, 1.165) is 29.4 Å². The number of rotatable bonds is 10. The van der Waals surface area contributed by atoms with Crippen molar-refractivity contribution in [2.24, 2.45) is 0 Å². The van der Waals surface area contributed by atoms with Crippen LogP contribution in [0.15, 0.2) is 48.5 Å². The Hall–Kier alpha value is -2.62. The average molecular weight is 419 g/mol. The van der Waals surface area contributed by atoms with Crippen LogP contribution < -0.4 is 20.7 Å². The second-order valence-corrected chi connectivity index (χ2v) is 7.57. The molecular weight excluding hydrogens is 397 g/mol. The molecule has 0 aliphatic carbocycles. The number of ether oxygens (including phenoxy) is 1. The summed E-state index contributed by atoms with van der Waals surface area (Å²) in [5, 5.41) is 17.4. The minimum atomic E-state index is -0.676. The van der Waals surface area contributed by atoms with Crippen LogP contribution in [0.4, 0.5) is 14.9 Å². The quantitative estimate of drug-likeness (QED) is 0.438. The van der Waals surface area contributed by atoms with Crippen LogP contribution in [0.3, 0.4) is 0 Å². The maximum absolute atomic E-state index is 12.8. The molecule has 29 heavy (non-hydrogen) atoms. The van der Waals surface area contributed by atoms with Gasteiger partial charge in [0.2, 0.25) is 0 Å². The van der Waals surface area contributed by atoms with E-state index >= 15 is 0 Å². The standard InChI is InChI=1S/C20H22FN3O4S/c21-14-3-7-17(8-4-14)28-12-16(25)11-22-10-9-13-1-5-15(6-2-13)23-19-18(26)24-20(27)29-19/h1-8,16,19,22-23,25H,9-12H2,(H,24,26,27). The molecule has 2 atom stereocenters.